The van der Waals surface area contributed by atoms with Crippen LogP contribution in [-0.2, 0) is 106 Å². The number of hydrogen-bond acceptors (Lipinski definition) is 18. The van der Waals surface area contributed by atoms with Crippen LogP contribution in [0.1, 0.15) is 56.4 Å². The zero-order valence-electron chi connectivity index (χ0n) is 45.0. The minimum Gasteiger partial charge on any atom is -0.463 e. The molecule has 3 heterocycles. The van der Waals surface area contributed by atoms with Gasteiger partial charge in [-0.1, -0.05) is 150 Å². The molecule has 4 aromatic carbocycles. The molecule has 12 atom stereocenters. The van der Waals surface area contributed by atoms with Gasteiger partial charge in [0.15, 0.2) is 30.9 Å². The lowest BCUT2D eigenvalue weighted by Gasteiger charge is -2.46. The van der Waals surface area contributed by atoms with Crippen LogP contribution in [0, 0.1) is 6.92 Å². The maximum Gasteiger partial charge on any atom is 0.303 e. The molecule has 7 rings (SSSR count). The van der Waals surface area contributed by atoms with E-state index in [2.05, 4.69) is 0 Å². The van der Waals surface area contributed by atoms with Gasteiger partial charge in [-0.05, 0) is 47.7 Å². The second-order valence-corrected chi connectivity index (χ2v) is 23.5. The van der Waals surface area contributed by atoms with Gasteiger partial charge in [-0.25, -0.2) is 8.42 Å². The van der Waals surface area contributed by atoms with Crippen LogP contribution in [0.3, 0.4) is 0 Å². The minimum atomic E-state index is -4.56. The molecule has 3 aliphatic heterocycles. The largest absolute Gasteiger partial charge is 0.463 e. The smallest absolute Gasteiger partial charge is 0.303 e. The van der Waals surface area contributed by atoms with E-state index in [1.54, 1.807) is 25.1 Å². The normalized spacial score (nSPS) is 26.4. The van der Waals surface area contributed by atoms with E-state index in [0.717, 1.165) is 54.3 Å². The molecule has 0 N–H and O–H groups in total. The number of hydrogen-bond donors (Lipinski definition) is 0. The second-order valence-electron chi connectivity index (χ2n) is 19.3. The zero-order valence-corrected chi connectivity index (χ0v) is 48.1. The van der Waals surface area contributed by atoms with E-state index in [4.69, 9.17) is 91.6 Å². The number of rotatable bonds is 24. The van der Waals surface area contributed by atoms with Crippen LogP contribution in [0.25, 0.3) is 0 Å². The Labute approximate surface area is 480 Å². The maximum atomic E-state index is 15.0. The number of aryl methyl sites for hydroxylation is 1. The van der Waals surface area contributed by atoms with Crippen molar-refractivity contribution < 1.29 is 84.4 Å². The molecule has 19 nitrogen and oxygen atoms in total. The van der Waals surface area contributed by atoms with Crippen molar-refractivity contribution in [1.29, 1.82) is 0 Å². The number of benzene rings is 4. The van der Waals surface area contributed by atoms with Crippen LogP contribution >= 0.6 is 34.8 Å². The molecule has 0 spiro atoms. The monoisotopic (exact) mass is 1190 g/mol. The van der Waals surface area contributed by atoms with Gasteiger partial charge in [-0.2, -0.15) is 4.31 Å². The zero-order chi connectivity index (χ0) is 57.6. The molecule has 0 aliphatic carbocycles. The number of halogens is 3. The number of sulfonamides is 1. The lowest BCUT2D eigenvalue weighted by molar-refractivity contribution is -0.322. The van der Waals surface area contributed by atoms with Gasteiger partial charge in [0.1, 0.15) is 37.1 Å². The van der Waals surface area contributed by atoms with Crippen LogP contribution in [0.5, 0.6) is 0 Å². The van der Waals surface area contributed by atoms with Crippen molar-refractivity contribution in [3.63, 3.8) is 0 Å². The molecule has 0 saturated carbocycles. The predicted molar refractivity (Wildman–Crippen MR) is 290 cm³/mol. The molecular formula is C57H66Cl3NO18S. The van der Waals surface area contributed by atoms with Crippen molar-refractivity contribution in [3.8, 4) is 0 Å². The van der Waals surface area contributed by atoms with Gasteiger partial charge < -0.3 is 56.8 Å². The lowest BCUT2D eigenvalue weighted by atomic mass is 9.97. The highest BCUT2D eigenvalue weighted by atomic mass is 35.6. The Hall–Kier alpha value is -5.04. The Morgan fingerprint density at radius 2 is 1.05 bits per heavy atom. The summed E-state index contributed by atoms with van der Waals surface area (Å²) in [5.74, 6) is -3.31. The fourth-order valence-corrected chi connectivity index (χ4v) is 12.0. The second kappa shape index (κ2) is 29.3. The predicted octanol–water partition coefficient (Wildman–Crippen LogP) is 7.67. The molecule has 4 aromatic rings. The Balaban J connectivity index is 1.23. The number of alkyl halides is 3. The molecule has 0 amide bonds. The van der Waals surface area contributed by atoms with Crippen molar-refractivity contribution in [2.24, 2.45) is 0 Å². The van der Waals surface area contributed by atoms with Crippen LogP contribution in [0.4, 0.5) is 0 Å². The van der Waals surface area contributed by atoms with Gasteiger partial charge in [0, 0.05) is 34.8 Å². The van der Waals surface area contributed by atoms with Crippen LogP contribution < -0.4 is 0 Å². The van der Waals surface area contributed by atoms with Gasteiger partial charge in [0.2, 0.25) is 13.8 Å². The fourth-order valence-electron chi connectivity index (χ4n) is 9.54. The first-order valence-corrected chi connectivity index (χ1v) is 28.3. The van der Waals surface area contributed by atoms with Crippen molar-refractivity contribution in [2.45, 2.75) is 143 Å². The highest BCUT2D eigenvalue weighted by Gasteiger charge is 2.55. The summed E-state index contributed by atoms with van der Waals surface area (Å²) >= 11 is 20.3. The number of carbonyl (C=O) groups excluding carboxylic acids is 4. The van der Waals surface area contributed by atoms with E-state index in [1.165, 1.54) is 19.2 Å². The summed E-state index contributed by atoms with van der Waals surface area (Å²) in [6.07, 6.45) is -10.6. The Morgan fingerprint density at radius 3 is 1.56 bits per heavy atom. The van der Waals surface area contributed by atoms with E-state index in [9.17, 15) is 27.6 Å². The number of nitrogens with zero attached hydrogens (tertiary/aromatic N) is 1. The molecule has 2 saturated heterocycles. The topological polar surface area (TPSA) is 216 Å². The van der Waals surface area contributed by atoms with Crippen LogP contribution in [0.2, 0.25) is 0 Å². The summed E-state index contributed by atoms with van der Waals surface area (Å²) in [4.78, 5) is 49.7. The first-order valence-electron chi connectivity index (χ1n) is 25.7. The molecule has 0 radical (unpaired) electrons. The van der Waals surface area contributed by atoms with Gasteiger partial charge in [0.05, 0.1) is 56.6 Å². The summed E-state index contributed by atoms with van der Waals surface area (Å²) in [7, 11) is -3.06. The summed E-state index contributed by atoms with van der Waals surface area (Å²) in [6, 6.07) is 32.2. The first kappa shape index (κ1) is 62.6. The molecule has 3 aliphatic rings. The quantitative estimate of drug-likeness (QED) is 0.0285. The number of ether oxygens (including phenoxy) is 12. The average Bonchev–Trinajstić information content (AvgIpc) is 3.42. The standard InChI is InChI=1S/C57H66Cl3NO18S/c1-35-22-24-45(25-23-35)80(66,67)61-44(32-74-56-54(77-39(5)65)52(76-38(4)64)50(75-37(3)63)47(79-56)34-70-36(2)62)26-43(27-48(61)57(58,59)60)28-69-33-46-49(71-29-40-16-10-7-11-17-40)51(72-30-41-18-12-8-13-19-41)53(55(68-6)78-46)73-31-42-20-14-9-15-21-42/h7-26,44,46-56H,27-34H2,1-6H3/t44?,46-,47-,48?,49-,50+,51+,52+,53-,54-,55-,56-/m1/s1. The maximum absolute atomic E-state index is 15.0. The molecule has 80 heavy (non-hydrogen) atoms. The van der Waals surface area contributed by atoms with Crippen molar-refractivity contribution in [1.82, 2.24) is 4.31 Å². The summed E-state index contributed by atoms with van der Waals surface area (Å²) in [5.41, 5.74) is 3.95. The lowest BCUT2D eigenvalue weighted by Crippen LogP contribution is -2.63. The number of esters is 4. The van der Waals surface area contributed by atoms with Crippen molar-refractivity contribution in [3.05, 3.63) is 149 Å². The molecule has 23 heteroatoms. The molecule has 0 aromatic heterocycles. The molecule has 0 bridgehead atoms. The fraction of sp³-hybridized carbons (Fsp3) is 0.474. The Morgan fingerprint density at radius 1 is 0.562 bits per heavy atom. The van der Waals surface area contributed by atoms with E-state index in [1.807, 2.05) is 91.0 Å². The highest BCUT2D eigenvalue weighted by Crippen LogP contribution is 2.43. The van der Waals surface area contributed by atoms with Crippen molar-refractivity contribution >= 4 is 68.7 Å². The molecule has 434 valence electrons. The number of methoxy groups -OCH3 is 1. The SMILES string of the molecule is CO[C@@H]1O[C@H](COCC2=CC(CO[C@@H]3O[C@H](COC(C)=O)[C@H](OC(C)=O)[C@H](OC(C)=O)[C@H]3OC(C)=O)N(S(=O)(=O)c3ccc(C)cc3)C(C(Cl)(Cl)Cl)C2)[C@@H](OCc2ccccc2)[C@H](OCc2ccccc2)[C@H]1OCc1ccccc1. The third-order valence-corrected chi connectivity index (χ3v) is 15.8. The summed E-state index contributed by atoms with van der Waals surface area (Å²) < 4.78 is 103. The third-order valence-electron chi connectivity index (χ3n) is 13.1. The highest BCUT2D eigenvalue weighted by molar-refractivity contribution is 7.89. The van der Waals surface area contributed by atoms with Crippen LogP contribution in [0.15, 0.2) is 132 Å². The first-order chi connectivity index (χ1) is 38.2. The van der Waals surface area contributed by atoms with Crippen LogP contribution in [-0.4, -0.2) is 147 Å². The van der Waals surface area contributed by atoms with Gasteiger partial charge >= 0.3 is 23.9 Å². The molecule has 2 fully saturated rings. The Kier molecular flexibility index (Phi) is 22.9. The van der Waals surface area contributed by atoms with E-state index < -0.39 is 124 Å². The average molecular weight is 1190 g/mol. The number of carbonyl (C=O) groups is 4. The minimum absolute atomic E-state index is 0.122. The summed E-state index contributed by atoms with van der Waals surface area (Å²) in [6.45, 7) is 5.32. The van der Waals surface area contributed by atoms with Gasteiger partial charge in [-0.15, -0.1) is 0 Å². The Bertz CT molecular complexity index is 2790. The molecule has 2 unspecified atom stereocenters. The summed E-state index contributed by atoms with van der Waals surface area (Å²) in [5, 5.41) is 0. The van der Waals surface area contributed by atoms with Crippen molar-refractivity contribution in [2.75, 3.05) is 33.5 Å². The van der Waals surface area contributed by atoms with Gasteiger partial charge in [-0.3, -0.25) is 19.2 Å². The third kappa shape index (κ3) is 17.3. The van der Waals surface area contributed by atoms with Gasteiger partial charge in [0.25, 0.3) is 0 Å². The van der Waals surface area contributed by atoms with E-state index in [-0.39, 0.29) is 44.4 Å². The molecular weight excluding hydrogens is 1130 g/mol. The van der Waals surface area contributed by atoms with E-state index in [0.29, 0.717) is 5.57 Å². The van der Waals surface area contributed by atoms with E-state index >= 15 is 0 Å².